The number of benzene rings is 2. The van der Waals surface area contributed by atoms with Crippen LogP contribution in [0, 0.1) is 10.1 Å². The molecule has 0 aliphatic carbocycles. The first-order valence-electron chi connectivity index (χ1n) is 7.18. The Bertz CT molecular complexity index is 855. The molecule has 0 amide bonds. The predicted molar refractivity (Wildman–Crippen MR) is 99.3 cm³/mol. The summed E-state index contributed by atoms with van der Waals surface area (Å²) in [6, 6.07) is 9.79. The quantitative estimate of drug-likeness (QED) is 0.274. The van der Waals surface area contributed by atoms with Crippen LogP contribution in [0.15, 0.2) is 47.1 Å². The number of rotatable bonds is 7. The molecular formula is C17H13BrClNO6. The number of para-hydroxylation sites is 1. The van der Waals surface area contributed by atoms with Gasteiger partial charge in [0.15, 0.2) is 18.1 Å². The highest BCUT2D eigenvalue weighted by atomic mass is 79.9. The maximum Gasteiger partial charge on any atom is 0.349 e. The fourth-order valence-electron chi connectivity index (χ4n) is 1.92. The normalized spacial score (nSPS) is 10.6. The van der Waals surface area contributed by atoms with Gasteiger partial charge in [0.2, 0.25) is 6.20 Å². The highest BCUT2D eigenvalue weighted by Crippen LogP contribution is 2.37. The molecule has 0 N–H and O–H groups in total. The smallest absolute Gasteiger partial charge is 0.349 e. The van der Waals surface area contributed by atoms with Crippen LogP contribution in [0.25, 0.3) is 6.08 Å². The number of methoxy groups -OCH3 is 1. The fourth-order valence-corrected chi connectivity index (χ4v) is 2.65. The van der Waals surface area contributed by atoms with Gasteiger partial charge in [0, 0.05) is 6.08 Å². The van der Waals surface area contributed by atoms with Crippen molar-refractivity contribution in [2.45, 2.75) is 0 Å². The van der Waals surface area contributed by atoms with Crippen LogP contribution < -0.4 is 14.2 Å². The lowest BCUT2D eigenvalue weighted by molar-refractivity contribution is -0.400. The Balaban J connectivity index is 2.11. The van der Waals surface area contributed by atoms with E-state index < -0.39 is 10.9 Å². The second-order valence-corrected chi connectivity index (χ2v) is 6.09. The highest BCUT2D eigenvalue weighted by molar-refractivity contribution is 9.10. The van der Waals surface area contributed by atoms with Crippen LogP contribution >= 0.6 is 27.5 Å². The lowest BCUT2D eigenvalue weighted by Crippen LogP contribution is -2.18. The van der Waals surface area contributed by atoms with Crippen LogP contribution in [-0.4, -0.2) is 24.6 Å². The standard InChI is InChI=1S/C17H13BrClNO6/c1-24-15-9-11(6-7-20(22)23)8-12(18)17(15)26-16(21)10-25-14-5-3-2-4-13(14)19/h2-9H,10H2,1H3. The molecule has 7 nitrogen and oxygen atoms in total. The van der Waals surface area contributed by atoms with Gasteiger partial charge in [-0.05, 0) is 45.8 Å². The number of hydrogen-bond acceptors (Lipinski definition) is 6. The zero-order valence-electron chi connectivity index (χ0n) is 13.5. The van der Waals surface area contributed by atoms with Crippen molar-refractivity contribution in [2.24, 2.45) is 0 Å². The molecule has 0 unspecified atom stereocenters. The zero-order chi connectivity index (χ0) is 19.1. The van der Waals surface area contributed by atoms with Gasteiger partial charge in [0.1, 0.15) is 5.75 Å². The first-order chi connectivity index (χ1) is 12.4. The summed E-state index contributed by atoms with van der Waals surface area (Å²) in [5.74, 6) is 0.0573. The molecule has 2 rings (SSSR count). The van der Waals surface area contributed by atoms with E-state index in [4.69, 9.17) is 25.8 Å². The predicted octanol–water partition coefficient (Wildman–Crippen LogP) is 4.34. The summed E-state index contributed by atoms with van der Waals surface area (Å²) in [6.07, 6.45) is 2.09. The van der Waals surface area contributed by atoms with Crippen LogP contribution in [0.4, 0.5) is 0 Å². The molecule has 0 spiro atoms. The lowest BCUT2D eigenvalue weighted by Gasteiger charge is -2.13. The molecule has 136 valence electrons. The third-order valence-corrected chi connectivity index (χ3v) is 3.94. The minimum atomic E-state index is -0.669. The van der Waals surface area contributed by atoms with E-state index in [-0.39, 0.29) is 18.1 Å². The minimum Gasteiger partial charge on any atom is -0.493 e. The number of hydrogen-bond donors (Lipinski definition) is 0. The van der Waals surface area contributed by atoms with E-state index in [0.29, 0.717) is 20.8 Å². The van der Waals surface area contributed by atoms with E-state index >= 15 is 0 Å². The van der Waals surface area contributed by atoms with Gasteiger partial charge in [-0.2, -0.15) is 0 Å². The van der Waals surface area contributed by atoms with Crippen molar-refractivity contribution in [1.82, 2.24) is 0 Å². The summed E-state index contributed by atoms with van der Waals surface area (Å²) in [4.78, 5) is 21.9. The number of nitrogens with zero attached hydrogens (tertiary/aromatic N) is 1. The number of nitro groups is 1. The highest BCUT2D eigenvalue weighted by Gasteiger charge is 2.16. The van der Waals surface area contributed by atoms with Gasteiger partial charge in [-0.1, -0.05) is 23.7 Å². The minimum absolute atomic E-state index is 0.138. The van der Waals surface area contributed by atoms with Gasteiger partial charge in [-0.25, -0.2) is 4.79 Å². The first-order valence-corrected chi connectivity index (χ1v) is 8.35. The summed E-state index contributed by atoms with van der Waals surface area (Å²) >= 11 is 9.21. The summed E-state index contributed by atoms with van der Waals surface area (Å²) in [5.41, 5.74) is 0.498. The van der Waals surface area contributed by atoms with Crippen molar-refractivity contribution in [1.29, 1.82) is 0 Å². The average Bonchev–Trinajstić information content (AvgIpc) is 2.61. The van der Waals surface area contributed by atoms with Gasteiger partial charge in [-0.3, -0.25) is 10.1 Å². The molecule has 2 aromatic carbocycles. The molecule has 0 aliphatic heterocycles. The fraction of sp³-hybridized carbons (Fsp3) is 0.118. The maximum atomic E-state index is 12.0. The van der Waals surface area contributed by atoms with Gasteiger partial charge < -0.3 is 14.2 Å². The van der Waals surface area contributed by atoms with Gasteiger partial charge in [0.05, 0.1) is 21.5 Å². The molecule has 0 aliphatic rings. The molecule has 0 heterocycles. The topological polar surface area (TPSA) is 87.9 Å². The van der Waals surface area contributed by atoms with Crippen LogP contribution in [-0.2, 0) is 4.79 Å². The Labute approximate surface area is 162 Å². The SMILES string of the molecule is COc1cc(C=C[N+](=O)[O-])cc(Br)c1OC(=O)COc1ccccc1Cl. The second kappa shape index (κ2) is 9.21. The van der Waals surface area contributed by atoms with Crippen LogP contribution in [0.3, 0.4) is 0 Å². The second-order valence-electron chi connectivity index (χ2n) is 4.83. The third-order valence-electron chi connectivity index (χ3n) is 3.04. The summed E-state index contributed by atoms with van der Waals surface area (Å²) in [7, 11) is 1.39. The zero-order valence-corrected chi connectivity index (χ0v) is 15.8. The van der Waals surface area contributed by atoms with E-state index in [2.05, 4.69) is 15.9 Å². The molecule has 0 fully saturated rings. The first kappa shape index (κ1) is 19.7. The number of ether oxygens (including phenoxy) is 3. The Morgan fingerprint density at radius 1 is 1.31 bits per heavy atom. The molecule has 9 heteroatoms. The molecular weight excluding hydrogens is 430 g/mol. The van der Waals surface area contributed by atoms with Crippen molar-refractivity contribution < 1.29 is 23.9 Å². The van der Waals surface area contributed by atoms with E-state index in [1.54, 1.807) is 30.3 Å². The Morgan fingerprint density at radius 3 is 2.69 bits per heavy atom. The van der Waals surface area contributed by atoms with Gasteiger partial charge in [-0.15, -0.1) is 0 Å². The lowest BCUT2D eigenvalue weighted by atomic mass is 10.2. The molecule has 0 aromatic heterocycles. The Hall–Kier alpha value is -2.58. The van der Waals surface area contributed by atoms with Crippen molar-refractivity contribution in [3.63, 3.8) is 0 Å². The molecule has 0 saturated heterocycles. The summed E-state index contributed by atoms with van der Waals surface area (Å²) < 4.78 is 16.2. The van der Waals surface area contributed by atoms with Crippen molar-refractivity contribution in [3.8, 4) is 17.2 Å². The number of halogens is 2. The van der Waals surface area contributed by atoms with E-state index in [9.17, 15) is 14.9 Å². The number of carbonyl (C=O) groups excluding carboxylic acids is 1. The van der Waals surface area contributed by atoms with Gasteiger partial charge >= 0.3 is 5.97 Å². The molecule has 0 radical (unpaired) electrons. The maximum absolute atomic E-state index is 12.0. The van der Waals surface area contributed by atoms with E-state index in [0.717, 1.165) is 6.20 Å². The van der Waals surface area contributed by atoms with E-state index in [1.165, 1.54) is 19.3 Å². The van der Waals surface area contributed by atoms with Crippen LogP contribution in [0.5, 0.6) is 17.2 Å². The molecule has 2 aromatic rings. The Kier molecular flexibility index (Phi) is 6.99. The third kappa shape index (κ3) is 5.47. The number of carbonyl (C=O) groups is 1. The Morgan fingerprint density at radius 2 is 2.04 bits per heavy atom. The molecule has 0 atom stereocenters. The summed E-state index contributed by atoms with van der Waals surface area (Å²) in [5, 5.41) is 10.8. The van der Waals surface area contributed by atoms with Crippen LogP contribution in [0.1, 0.15) is 5.56 Å². The van der Waals surface area contributed by atoms with Crippen molar-refractivity contribution in [2.75, 3.05) is 13.7 Å². The van der Waals surface area contributed by atoms with Crippen molar-refractivity contribution >= 4 is 39.6 Å². The molecule has 0 saturated carbocycles. The van der Waals surface area contributed by atoms with Crippen molar-refractivity contribution in [3.05, 3.63) is 67.8 Å². The number of esters is 1. The molecule has 26 heavy (non-hydrogen) atoms. The van der Waals surface area contributed by atoms with Gasteiger partial charge in [0.25, 0.3) is 0 Å². The molecule has 0 bridgehead atoms. The monoisotopic (exact) mass is 441 g/mol. The average molecular weight is 443 g/mol. The summed E-state index contributed by atoms with van der Waals surface area (Å²) in [6.45, 7) is -0.359. The largest absolute Gasteiger partial charge is 0.493 e. The van der Waals surface area contributed by atoms with E-state index in [1.807, 2.05) is 0 Å². The van der Waals surface area contributed by atoms with Crippen LogP contribution in [0.2, 0.25) is 5.02 Å².